The van der Waals surface area contributed by atoms with Crippen LogP contribution in [0.3, 0.4) is 0 Å². The van der Waals surface area contributed by atoms with Crippen LogP contribution >= 0.6 is 0 Å². The van der Waals surface area contributed by atoms with E-state index in [9.17, 15) is 9.59 Å². The zero-order valence-corrected chi connectivity index (χ0v) is 13.5. The third kappa shape index (κ3) is 4.45. The van der Waals surface area contributed by atoms with Crippen molar-refractivity contribution in [2.75, 3.05) is 13.2 Å². The average molecular weight is 315 g/mol. The molecule has 1 aromatic carbocycles. The summed E-state index contributed by atoms with van der Waals surface area (Å²) in [6.07, 6.45) is 2.07. The van der Waals surface area contributed by atoms with E-state index in [1.54, 1.807) is 24.5 Å². The van der Waals surface area contributed by atoms with Gasteiger partial charge in [0.15, 0.2) is 0 Å². The van der Waals surface area contributed by atoms with Gasteiger partial charge in [-0.3, -0.25) is 4.79 Å². The molecule has 0 fully saturated rings. The van der Waals surface area contributed by atoms with Gasteiger partial charge in [-0.25, -0.2) is 4.79 Å². The van der Waals surface area contributed by atoms with Crippen LogP contribution in [0.5, 0.6) is 0 Å². The normalized spacial score (nSPS) is 10.3. The van der Waals surface area contributed by atoms with E-state index in [2.05, 4.69) is 0 Å². The van der Waals surface area contributed by atoms with Gasteiger partial charge in [0.25, 0.3) is 0 Å². The maximum atomic E-state index is 12.1. The number of carbonyl (C=O) groups excluding carboxylic acids is 2. The van der Waals surface area contributed by atoms with Crippen LogP contribution in [-0.4, -0.2) is 29.7 Å². The van der Waals surface area contributed by atoms with Crippen LogP contribution in [0, 0.1) is 0 Å². The van der Waals surface area contributed by atoms with Crippen molar-refractivity contribution in [1.82, 2.24) is 4.57 Å². The van der Waals surface area contributed by atoms with Gasteiger partial charge in [0.1, 0.15) is 5.69 Å². The number of nitrogens with zero attached hydrogens (tertiary/aromatic N) is 1. The van der Waals surface area contributed by atoms with Crippen LogP contribution in [0.4, 0.5) is 0 Å². The molecule has 0 saturated heterocycles. The first-order valence-corrected chi connectivity index (χ1v) is 7.74. The number of aromatic nitrogens is 1. The lowest BCUT2D eigenvalue weighted by Crippen LogP contribution is -2.14. The van der Waals surface area contributed by atoms with E-state index in [0.717, 1.165) is 11.1 Å². The Morgan fingerprint density at radius 3 is 2.35 bits per heavy atom. The fourth-order valence-electron chi connectivity index (χ4n) is 2.30. The summed E-state index contributed by atoms with van der Waals surface area (Å²) in [5.74, 6) is -0.671. The van der Waals surface area contributed by atoms with E-state index in [4.69, 9.17) is 9.47 Å². The average Bonchev–Trinajstić information content (AvgIpc) is 2.99. The van der Waals surface area contributed by atoms with Crippen LogP contribution in [0.1, 0.15) is 30.8 Å². The van der Waals surface area contributed by atoms with Crippen LogP contribution in [0.2, 0.25) is 0 Å². The van der Waals surface area contributed by atoms with Gasteiger partial charge in [0.2, 0.25) is 0 Å². The van der Waals surface area contributed by atoms with Crippen molar-refractivity contribution in [2.45, 2.75) is 26.8 Å². The molecule has 5 nitrogen and oxygen atoms in total. The van der Waals surface area contributed by atoms with E-state index >= 15 is 0 Å². The molecule has 0 bridgehead atoms. The maximum absolute atomic E-state index is 12.1. The summed E-state index contributed by atoms with van der Waals surface area (Å²) in [5.41, 5.74) is 2.36. The van der Waals surface area contributed by atoms with Crippen LogP contribution in [-0.2, 0) is 20.8 Å². The van der Waals surface area contributed by atoms with Gasteiger partial charge in [0.05, 0.1) is 19.6 Å². The van der Waals surface area contributed by atoms with Gasteiger partial charge in [0, 0.05) is 18.3 Å². The quantitative estimate of drug-likeness (QED) is 0.736. The smallest absolute Gasteiger partial charge is 0.354 e. The number of benzene rings is 1. The summed E-state index contributed by atoms with van der Waals surface area (Å²) in [4.78, 5) is 23.7. The maximum Gasteiger partial charge on any atom is 0.354 e. The van der Waals surface area contributed by atoms with Gasteiger partial charge in [-0.15, -0.1) is 0 Å². The highest BCUT2D eigenvalue weighted by Crippen LogP contribution is 2.23. The summed E-state index contributed by atoms with van der Waals surface area (Å²) >= 11 is 0. The number of hydrogen-bond acceptors (Lipinski definition) is 4. The number of carbonyl (C=O) groups is 2. The Bertz CT molecular complexity index is 661. The third-order valence-electron chi connectivity index (χ3n) is 3.35. The minimum atomic E-state index is -0.390. The number of ether oxygens (including phenoxy) is 2. The lowest BCUT2D eigenvalue weighted by atomic mass is 10.1. The Morgan fingerprint density at radius 1 is 1.00 bits per heavy atom. The number of esters is 2. The monoisotopic (exact) mass is 315 g/mol. The molecule has 0 atom stereocenters. The van der Waals surface area contributed by atoms with E-state index in [1.165, 1.54) is 0 Å². The molecule has 0 saturated carbocycles. The molecule has 2 aromatic rings. The molecule has 1 heterocycles. The molecule has 0 radical (unpaired) electrons. The molecular weight excluding hydrogens is 294 g/mol. The standard InChI is InChI=1S/C18H21NO4/c1-3-22-17(20)10-11-19-13-15(14-8-6-5-7-9-14)12-16(19)18(21)23-4-2/h5-9,12-13H,3-4,10-11H2,1-2H3. The minimum Gasteiger partial charge on any atom is -0.466 e. The summed E-state index contributed by atoms with van der Waals surface area (Å²) in [7, 11) is 0. The zero-order valence-electron chi connectivity index (χ0n) is 13.5. The molecule has 122 valence electrons. The highest BCUT2D eigenvalue weighted by molar-refractivity contribution is 5.90. The predicted molar refractivity (Wildman–Crippen MR) is 87.1 cm³/mol. The van der Waals surface area contributed by atoms with Crippen molar-refractivity contribution < 1.29 is 19.1 Å². The first-order chi connectivity index (χ1) is 11.2. The second-order valence-electron chi connectivity index (χ2n) is 4.95. The Hall–Kier alpha value is -2.56. The molecule has 1 aromatic heterocycles. The Morgan fingerprint density at radius 2 is 1.70 bits per heavy atom. The van der Waals surface area contributed by atoms with Gasteiger partial charge < -0.3 is 14.0 Å². The zero-order chi connectivity index (χ0) is 16.7. The first kappa shape index (κ1) is 16.8. The van der Waals surface area contributed by atoms with Crippen molar-refractivity contribution in [1.29, 1.82) is 0 Å². The predicted octanol–water partition coefficient (Wildman–Crippen LogP) is 3.29. The van der Waals surface area contributed by atoms with E-state index < -0.39 is 5.97 Å². The van der Waals surface area contributed by atoms with Crippen LogP contribution in [0.25, 0.3) is 11.1 Å². The number of aryl methyl sites for hydroxylation is 1. The second kappa shape index (κ2) is 8.17. The molecule has 5 heteroatoms. The van der Waals surface area contributed by atoms with Crippen LogP contribution < -0.4 is 0 Å². The Labute approximate surface area is 135 Å². The minimum absolute atomic E-state index is 0.211. The van der Waals surface area contributed by atoms with E-state index in [0.29, 0.717) is 25.5 Å². The topological polar surface area (TPSA) is 57.5 Å². The van der Waals surface area contributed by atoms with Crippen molar-refractivity contribution in [2.24, 2.45) is 0 Å². The third-order valence-corrected chi connectivity index (χ3v) is 3.35. The summed E-state index contributed by atoms with van der Waals surface area (Å²) in [5, 5.41) is 0. The van der Waals surface area contributed by atoms with Gasteiger partial charge in [-0.05, 0) is 25.5 Å². The Balaban J connectivity index is 2.25. The lowest BCUT2D eigenvalue weighted by molar-refractivity contribution is -0.143. The molecular formula is C18H21NO4. The molecule has 0 aliphatic heterocycles. The van der Waals surface area contributed by atoms with Gasteiger partial charge in [-0.1, -0.05) is 30.3 Å². The lowest BCUT2D eigenvalue weighted by Gasteiger charge is -2.08. The highest BCUT2D eigenvalue weighted by atomic mass is 16.5. The van der Waals surface area contributed by atoms with Gasteiger partial charge in [-0.2, -0.15) is 0 Å². The SMILES string of the molecule is CCOC(=O)CCn1cc(-c2ccccc2)cc1C(=O)OCC. The molecule has 2 rings (SSSR count). The van der Waals surface area contributed by atoms with Crippen molar-refractivity contribution in [3.05, 3.63) is 48.3 Å². The molecule has 0 amide bonds. The van der Waals surface area contributed by atoms with E-state index in [1.807, 2.05) is 36.5 Å². The fraction of sp³-hybridized carbons (Fsp3) is 0.333. The molecule has 0 unspecified atom stereocenters. The summed E-state index contributed by atoms with van der Waals surface area (Å²) < 4.78 is 11.8. The van der Waals surface area contributed by atoms with E-state index in [-0.39, 0.29) is 12.4 Å². The molecule has 0 aliphatic carbocycles. The first-order valence-electron chi connectivity index (χ1n) is 7.74. The molecule has 0 spiro atoms. The molecule has 0 aliphatic rings. The molecule has 0 N–H and O–H groups in total. The largest absolute Gasteiger partial charge is 0.466 e. The second-order valence-corrected chi connectivity index (χ2v) is 4.95. The highest BCUT2D eigenvalue weighted by Gasteiger charge is 2.16. The van der Waals surface area contributed by atoms with Gasteiger partial charge >= 0.3 is 11.9 Å². The summed E-state index contributed by atoms with van der Waals surface area (Å²) in [6.45, 7) is 4.57. The van der Waals surface area contributed by atoms with Crippen LogP contribution in [0.15, 0.2) is 42.6 Å². The van der Waals surface area contributed by atoms with Crippen molar-refractivity contribution >= 4 is 11.9 Å². The molecule has 23 heavy (non-hydrogen) atoms. The summed E-state index contributed by atoms with van der Waals surface area (Å²) in [6, 6.07) is 11.6. The number of hydrogen-bond donors (Lipinski definition) is 0. The van der Waals surface area contributed by atoms with Crippen molar-refractivity contribution in [3.63, 3.8) is 0 Å². The van der Waals surface area contributed by atoms with Crippen molar-refractivity contribution in [3.8, 4) is 11.1 Å². The number of rotatable bonds is 7. The Kier molecular flexibility index (Phi) is 5.97. The fourth-order valence-corrected chi connectivity index (χ4v) is 2.30.